The van der Waals surface area contributed by atoms with Gasteiger partial charge in [0.1, 0.15) is 5.75 Å². The quantitative estimate of drug-likeness (QED) is 0.744. The molecule has 1 aliphatic heterocycles. The summed E-state index contributed by atoms with van der Waals surface area (Å²) in [7, 11) is 1.94. The standard InChI is InChI=1S/C18H21NO2/c1-11-7-14-5-3-12-9-18(14,17(21)19(11)2)10-13-4-6-15(20)8-16(12)13/h4-6,8,11-12,20H,3,7,9-10H2,1-2H3/t11-,12-,18-/m0/s1. The molecule has 21 heavy (non-hydrogen) atoms. The van der Waals surface area contributed by atoms with Crippen molar-refractivity contribution in [1.29, 1.82) is 0 Å². The second-order valence-electron chi connectivity index (χ2n) is 6.98. The Morgan fingerprint density at radius 3 is 3.00 bits per heavy atom. The molecule has 4 rings (SSSR count). The summed E-state index contributed by atoms with van der Waals surface area (Å²) >= 11 is 0. The number of phenolic OH excluding ortho intramolecular Hbond substituents is 1. The zero-order valence-electron chi connectivity index (χ0n) is 12.6. The Balaban J connectivity index is 1.85. The van der Waals surface area contributed by atoms with E-state index in [1.807, 2.05) is 24.1 Å². The van der Waals surface area contributed by atoms with Gasteiger partial charge in [0.05, 0.1) is 5.41 Å². The number of piperidine rings is 1. The molecule has 0 aromatic heterocycles. The molecule has 0 unspecified atom stereocenters. The molecule has 110 valence electrons. The number of fused-ring (bicyclic) bond motifs is 3. The molecule has 2 bridgehead atoms. The first-order valence-electron chi connectivity index (χ1n) is 7.80. The van der Waals surface area contributed by atoms with Crippen LogP contribution in [0.2, 0.25) is 0 Å². The molecule has 1 fully saturated rings. The van der Waals surface area contributed by atoms with Crippen LogP contribution in [0, 0.1) is 5.41 Å². The minimum Gasteiger partial charge on any atom is -0.508 e. The van der Waals surface area contributed by atoms with Crippen LogP contribution in [0.4, 0.5) is 0 Å². The highest BCUT2D eigenvalue weighted by Crippen LogP contribution is 2.55. The number of hydrogen-bond acceptors (Lipinski definition) is 2. The maximum absolute atomic E-state index is 13.0. The zero-order chi connectivity index (χ0) is 14.8. The number of aromatic hydroxyl groups is 1. The van der Waals surface area contributed by atoms with Gasteiger partial charge in [0.15, 0.2) is 0 Å². The maximum atomic E-state index is 13.0. The molecule has 3 aliphatic rings. The van der Waals surface area contributed by atoms with Gasteiger partial charge in [0.25, 0.3) is 0 Å². The molecule has 1 N–H and O–H groups in total. The molecule has 1 saturated heterocycles. The summed E-state index contributed by atoms with van der Waals surface area (Å²) in [6, 6.07) is 5.95. The van der Waals surface area contributed by atoms with Crippen LogP contribution in [0.1, 0.15) is 43.2 Å². The molecule has 1 amide bonds. The monoisotopic (exact) mass is 283 g/mol. The van der Waals surface area contributed by atoms with Crippen LogP contribution in [0.5, 0.6) is 5.75 Å². The fourth-order valence-corrected chi connectivity index (χ4v) is 4.56. The van der Waals surface area contributed by atoms with E-state index in [0.717, 1.165) is 25.7 Å². The number of rotatable bonds is 0. The largest absolute Gasteiger partial charge is 0.508 e. The summed E-state index contributed by atoms with van der Waals surface area (Å²) in [5.41, 5.74) is 3.53. The van der Waals surface area contributed by atoms with Gasteiger partial charge in [-0.05, 0) is 61.8 Å². The van der Waals surface area contributed by atoms with E-state index in [2.05, 4.69) is 13.0 Å². The smallest absolute Gasteiger partial charge is 0.233 e. The van der Waals surface area contributed by atoms with Gasteiger partial charge in [-0.15, -0.1) is 0 Å². The van der Waals surface area contributed by atoms with E-state index >= 15 is 0 Å². The van der Waals surface area contributed by atoms with Crippen LogP contribution in [0.25, 0.3) is 0 Å². The highest BCUT2D eigenvalue weighted by molar-refractivity contribution is 5.88. The van der Waals surface area contributed by atoms with Crippen molar-refractivity contribution in [1.82, 2.24) is 4.90 Å². The van der Waals surface area contributed by atoms with Crippen molar-refractivity contribution in [3.8, 4) is 5.75 Å². The topological polar surface area (TPSA) is 40.5 Å². The van der Waals surface area contributed by atoms with Crippen LogP contribution in [-0.4, -0.2) is 29.0 Å². The Morgan fingerprint density at radius 2 is 2.19 bits per heavy atom. The predicted octanol–water partition coefficient (Wildman–Crippen LogP) is 2.99. The van der Waals surface area contributed by atoms with Gasteiger partial charge in [-0.3, -0.25) is 4.79 Å². The first kappa shape index (κ1) is 12.9. The lowest BCUT2D eigenvalue weighted by molar-refractivity contribution is -0.144. The SMILES string of the molecule is C[C@H]1CC2=CC[C@H]3C[C@@]2(Cc2ccc(O)cc23)C(=O)N1C. The van der Waals surface area contributed by atoms with Gasteiger partial charge in [-0.25, -0.2) is 0 Å². The second kappa shape index (κ2) is 4.12. The van der Waals surface area contributed by atoms with Crippen molar-refractivity contribution in [2.45, 2.75) is 44.6 Å². The molecular weight excluding hydrogens is 262 g/mol. The summed E-state index contributed by atoms with van der Waals surface area (Å²) in [5.74, 6) is 0.992. The van der Waals surface area contributed by atoms with E-state index < -0.39 is 0 Å². The van der Waals surface area contributed by atoms with E-state index in [4.69, 9.17) is 0 Å². The highest BCUT2D eigenvalue weighted by Gasteiger charge is 2.53. The number of amides is 1. The molecule has 1 aromatic carbocycles. The third-order valence-corrected chi connectivity index (χ3v) is 5.83. The van der Waals surface area contributed by atoms with Crippen LogP contribution < -0.4 is 0 Å². The number of carbonyl (C=O) groups excluding carboxylic acids is 1. The van der Waals surface area contributed by atoms with Crippen LogP contribution in [-0.2, 0) is 11.2 Å². The number of hydrogen-bond donors (Lipinski definition) is 1. The molecule has 3 heteroatoms. The van der Waals surface area contributed by atoms with Gasteiger partial charge in [0, 0.05) is 13.1 Å². The summed E-state index contributed by atoms with van der Waals surface area (Å²) in [6.07, 6.45) is 6.01. The molecule has 3 atom stereocenters. The lowest BCUT2D eigenvalue weighted by atomic mass is 9.56. The average molecular weight is 283 g/mol. The number of carbonyl (C=O) groups is 1. The van der Waals surface area contributed by atoms with Crippen LogP contribution >= 0.6 is 0 Å². The Labute approximate surface area is 125 Å². The van der Waals surface area contributed by atoms with E-state index in [1.165, 1.54) is 16.7 Å². The van der Waals surface area contributed by atoms with Gasteiger partial charge in [-0.1, -0.05) is 17.7 Å². The lowest BCUT2D eigenvalue weighted by Gasteiger charge is -2.51. The minimum atomic E-state index is -0.311. The Kier molecular flexibility index (Phi) is 2.54. The Hall–Kier alpha value is -1.77. The number of allylic oxidation sites excluding steroid dienone is 1. The van der Waals surface area contributed by atoms with Crippen molar-refractivity contribution in [2.75, 3.05) is 7.05 Å². The average Bonchev–Trinajstić information content (AvgIpc) is 2.48. The molecule has 2 aliphatic carbocycles. The molecule has 1 heterocycles. The molecule has 1 spiro atoms. The first-order valence-corrected chi connectivity index (χ1v) is 7.80. The van der Waals surface area contributed by atoms with Crippen molar-refractivity contribution in [3.63, 3.8) is 0 Å². The Bertz CT molecular complexity index is 663. The lowest BCUT2D eigenvalue weighted by Crippen LogP contribution is -2.55. The molecule has 0 saturated carbocycles. The van der Waals surface area contributed by atoms with Gasteiger partial charge in [-0.2, -0.15) is 0 Å². The number of likely N-dealkylation sites (tertiary alicyclic amines) is 1. The van der Waals surface area contributed by atoms with E-state index in [-0.39, 0.29) is 11.3 Å². The molecule has 3 nitrogen and oxygen atoms in total. The fourth-order valence-electron chi connectivity index (χ4n) is 4.56. The Morgan fingerprint density at radius 1 is 1.38 bits per heavy atom. The van der Waals surface area contributed by atoms with Gasteiger partial charge < -0.3 is 10.0 Å². The first-order chi connectivity index (χ1) is 10.0. The third-order valence-electron chi connectivity index (χ3n) is 5.83. The number of benzene rings is 1. The zero-order valence-corrected chi connectivity index (χ0v) is 12.6. The third kappa shape index (κ3) is 1.63. The molecule has 0 radical (unpaired) electrons. The van der Waals surface area contributed by atoms with Crippen molar-refractivity contribution < 1.29 is 9.90 Å². The summed E-state index contributed by atoms with van der Waals surface area (Å²) < 4.78 is 0. The van der Waals surface area contributed by atoms with Crippen molar-refractivity contribution >= 4 is 5.91 Å². The van der Waals surface area contributed by atoms with E-state index in [1.54, 1.807) is 6.07 Å². The van der Waals surface area contributed by atoms with Crippen LogP contribution in [0.15, 0.2) is 29.8 Å². The maximum Gasteiger partial charge on any atom is 0.233 e. The summed E-state index contributed by atoms with van der Waals surface area (Å²) in [5, 5.41) is 9.75. The fraction of sp³-hybridized carbons (Fsp3) is 0.500. The predicted molar refractivity (Wildman–Crippen MR) is 81.2 cm³/mol. The van der Waals surface area contributed by atoms with Crippen LogP contribution in [0.3, 0.4) is 0 Å². The normalized spacial score (nSPS) is 34.1. The minimum absolute atomic E-state index is 0.288. The molecular formula is C18H21NO2. The van der Waals surface area contributed by atoms with Gasteiger partial charge >= 0.3 is 0 Å². The number of phenols is 1. The second-order valence-corrected chi connectivity index (χ2v) is 6.98. The van der Waals surface area contributed by atoms with Gasteiger partial charge in [0.2, 0.25) is 5.91 Å². The van der Waals surface area contributed by atoms with Crippen molar-refractivity contribution in [3.05, 3.63) is 41.0 Å². The summed E-state index contributed by atoms with van der Waals surface area (Å²) in [6.45, 7) is 2.13. The number of nitrogens with zero attached hydrogens (tertiary/aromatic N) is 1. The van der Waals surface area contributed by atoms with E-state index in [9.17, 15) is 9.90 Å². The van der Waals surface area contributed by atoms with Crippen molar-refractivity contribution in [2.24, 2.45) is 5.41 Å². The highest BCUT2D eigenvalue weighted by atomic mass is 16.3. The molecule has 1 aromatic rings. The van der Waals surface area contributed by atoms with E-state index in [0.29, 0.717) is 17.7 Å². The summed E-state index contributed by atoms with van der Waals surface area (Å²) in [4.78, 5) is 15.0.